The molecule has 0 heterocycles. The summed E-state index contributed by atoms with van der Waals surface area (Å²) in [6.07, 6.45) is 9.92. The fraction of sp³-hybridized carbons (Fsp3) is 0.900. The van der Waals surface area contributed by atoms with Gasteiger partial charge in [-0.15, -0.1) is 0 Å². The molecule has 0 aromatic rings. The van der Waals surface area contributed by atoms with Crippen LogP contribution in [-0.2, 0) is 9.22 Å². The van der Waals surface area contributed by atoms with E-state index < -0.39 is 8.32 Å². The summed E-state index contributed by atoms with van der Waals surface area (Å²) in [5.74, 6) is 4.72. The Morgan fingerprint density at radius 2 is 1.79 bits per heavy atom. The molecule has 2 nitrogen and oxygen atoms in total. The normalized spacial score (nSPS) is 45.7. The lowest BCUT2D eigenvalue weighted by Crippen LogP contribution is -2.45. The van der Waals surface area contributed by atoms with Gasteiger partial charge in [0.15, 0.2) is 8.32 Å². The fourth-order valence-electron chi connectivity index (χ4n) is 8.23. The molecule has 3 heteroatoms. The lowest BCUT2D eigenvalue weighted by atomic mass is 9.55. The smallest absolute Gasteiger partial charge is 0.192 e. The summed E-state index contributed by atoms with van der Waals surface area (Å²) in [5, 5.41) is 0.210. The van der Waals surface area contributed by atoms with Crippen LogP contribution in [0.4, 0.5) is 0 Å². The van der Waals surface area contributed by atoms with Crippen molar-refractivity contribution in [2.75, 3.05) is 0 Å². The Bertz CT molecular complexity index is 790. The second-order valence-electron chi connectivity index (χ2n) is 14.7. The molecule has 0 amide bonds. The average Bonchev–Trinajstić information content (AvgIpc) is 3.19. The molecule has 0 spiro atoms. The molecule has 3 saturated carbocycles. The maximum Gasteiger partial charge on any atom is 0.192 e. The molecule has 33 heavy (non-hydrogen) atoms. The van der Waals surface area contributed by atoms with Gasteiger partial charge in [-0.05, 0) is 105 Å². The van der Waals surface area contributed by atoms with Gasteiger partial charge in [0.2, 0.25) is 0 Å². The number of Topliss-reactive ketones (excluding diaryl/α,β-unsaturated/α-hetero) is 1. The number of hydrogen-bond acceptors (Lipinski definition) is 2. The van der Waals surface area contributed by atoms with Gasteiger partial charge in [-0.1, -0.05) is 60.1 Å². The van der Waals surface area contributed by atoms with Crippen LogP contribution >= 0.6 is 0 Å². The second kappa shape index (κ2) is 8.61. The average molecular weight is 473 g/mol. The molecule has 4 aliphatic carbocycles. The second-order valence-corrected chi connectivity index (χ2v) is 19.5. The molecule has 0 aliphatic heterocycles. The van der Waals surface area contributed by atoms with Crippen molar-refractivity contribution in [3.05, 3.63) is 11.6 Å². The monoisotopic (exact) mass is 472 g/mol. The molecule has 3 fully saturated rings. The SMILES string of the molecule is C/C1=C/C[C@H]2[C@@H](C)[C@H](O[Si](C)(C)C(C)(C)C)C[C@H]2C(=O)[C@H]2C[C@@H]3[C@@H](C(C)C)CC[C@@]3(C)C[C@@H]12. The van der Waals surface area contributed by atoms with Crippen molar-refractivity contribution < 1.29 is 9.22 Å². The highest BCUT2D eigenvalue weighted by Gasteiger charge is 2.56. The molecule has 0 aromatic carbocycles. The van der Waals surface area contributed by atoms with Crippen LogP contribution in [0.25, 0.3) is 0 Å². The molecule has 0 bridgehead atoms. The minimum absolute atomic E-state index is 0.204. The first-order valence-electron chi connectivity index (χ1n) is 14.0. The van der Waals surface area contributed by atoms with Gasteiger partial charge in [0.1, 0.15) is 5.78 Å². The van der Waals surface area contributed by atoms with Crippen LogP contribution in [0, 0.1) is 52.8 Å². The first-order chi connectivity index (χ1) is 15.2. The molecule has 4 aliphatic rings. The minimum atomic E-state index is -1.85. The van der Waals surface area contributed by atoms with Crippen LogP contribution in [0.5, 0.6) is 0 Å². The van der Waals surface area contributed by atoms with Gasteiger partial charge in [-0.25, -0.2) is 0 Å². The molecule has 0 unspecified atom stereocenters. The summed E-state index contributed by atoms with van der Waals surface area (Å²) in [4.78, 5) is 14.3. The number of ketones is 1. The van der Waals surface area contributed by atoms with E-state index in [2.05, 4.69) is 74.6 Å². The van der Waals surface area contributed by atoms with Crippen LogP contribution < -0.4 is 0 Å². The van der Waals surface area contributed by atoms with E-state index in [0.29, 0.717) is 29.0 Å². The number of rotatable bonds is 3. The first-order valence-corrected chi connectivity index (χ1v) is 17.0. The van der Waals surface area contributed by atoms with E-state index in [0.717, 1.165) is 37.0 Å². The van der Waals surface area contributed by atoms with Crippen LogP contribution in [-0.4, -0.2) is 20.2 Å². The highest BCUT2D eigenvalue weighted by atomic mass is 28.4. The van der Waals surface area contributed by atoms with Crippen LogP contribution in [0.2, 0.25) is 18.1 Å². The van der Waals surface area contributed by atoms with Crippen molar-refractivity contribution in [2.45, 2.75) is 118 Å². The molecule has 0 aromatic heterocycles. The number of fused-ring (bicyclic) bond motifs is 3. The Labute approximate surface area is 205 Å². The zero-order valence-corrected chi connectivity index (χ0v) is 24.3. The van der Waals surface area contributed by atoms with Crippen molar-refractivity contribution in [3.8, 4) is 0 Å². The first kappa shape index (κ1) is 25.7. The molecule has 0 radical (unpaired) electrons. The third-order valence-electron chi connectivity index (χ3n) is 11.5. The Hall–Kier alpha value is -0.413. The van der Waals surface area contributed by atoms with Crippen LogP contribution in [0.3, 0.4) is 0 Å². The third-order valence-corrected chi connectivity index (χ3v) is 16.0. The standard InChI is InChI=1S/C30H52O2Si/c1-18(2)21-13-14-30(8)17-25-19(3)11-12-22-20(4)27(32-33(9,10)29(5,6)7)16-24(22)28(31)23(25)15-26(21)30/h11,18,20-27H,12-17H2,1-10H3/b19-11-/t20-,21-,22+,23+,24-,25+,26-,27-,30+/m1/s1. The number of carbonyl (C=O) groups excluding carboxylic acids is 1. The molecule has 188 valence electrons. The van der Waals surface area contributed by atoms with Gasteiger partial charge in [0.25, 0.3) is 0 Å². The summed E-state index contributed by atoms with van der Waals surface area (Å²) >= 11 is 0. The lowest BCUT2D eigenvalue weighted by Gasteiger charge is -2.48. The van der Waals surface area contributed by atoms with Crippen molar-refractivity contribution in [2.24, 2.45) is 52.8 Å². The maximum atomic E-state index is 14.3. The van der Waals surface area contributed by atoms with Gasteiger partial charge < -0.3 is 4.43 Å². The summed E-state index contributed by atoms with van der Waals surface area (Å²) in [7, 11) is -1.85. The molecular weight excluding hydrogens is 420 g/mol. The molecule has 9 atom stereocenters. The fourth-order valence-corrected chi connectivity index (χ4v) is 9.65. The highest BCUT2D eigenvalue weighted by molar-refractivity contribution is 6.74. The van der Waals surface area contributed by atoms with E-state index in [1.807, 2.05) is 0 Å². The Kier molecular flexibility index (Phi) is 6.70. The van der Waals surface area contributed by atoms with E-state index in [4.69, 9.17) is 4.43 Å². The quantitative estimate of drug-likeness (QED) is 0.305. The molecule has 0 N–H and O–H groups in total. The van der Waals surface area contributed by atoms with Gasteiger partial charge in [0, 0.05) is 17.9 Å². The van der Waals surface area contributed by atoms with E-state index in [1.165, 1.54) is 24.8 Å². The number of allylic oxidation sites excluding steroid dienone is 2. The van der Waals surface area contributed by atoms with Crippen LogP contribution in [0.15, 0.2) is 11.6 Å². The minimum Gasteiger partial charge on any atom is -0.414 e. The van der Waals surface area contributed by atoms with Crippen molar-refractivity contribution in [3.63, 3.8) is 0 Å². The van der Waals surface area contributed by atoms with Crippen molar-refractivity contribution in [1.82, 2.24) is 0 Å². The van der Waals surface area contributed by atoms with E-state index in [9.17, 15) is 4.79 Å². The highest BCUT2D eigenvalue weighted by Crippen LogP contribution is 2.61. The lowest BCUT2D eigenvalue weighted by molar-refractivity contribution is -0.133. The molecule has 0 saturated heterocycles. The Morgan fingerprint density at radius 1 is 1.12 bits per heavy atom. The van der Waals surface area contributed by atoms with E-state index >= 15 is 0 Å². The number of hydrogen-bond donors (Lipinski definition) is 0. The predicted molar refractivity (Wildman–Crippen MR) is 142 cm³/mol. The topological polar surface area (TPSA) is 26.3 Å². The van der Waals surface area contributed by atoms with Gasteiger partial charge in [-0.3, -0.25) is 4.79 Å². The van der Waals surface area contributed by atoms with E-state index in [1.54, 1.807) is 0 Å². The largest absolute Gasteiger partial charge is 0.414 e. The van der Waals surface area contributed by atoms with Gasteiger partial charge in [0.05, 0.1) is 0 Å². The number of carbonyl (C=O) groups is 1. The van der Waals surface area contributed by atoms with E-state index in [-0.39, 0.29) is 23.0 Å². The summed E-state index contributed by atoms with van der Waals surface area (Å²) in [6.45, 7) is 23.8. The zero-order chi connectivity index (χ0) is 24.5. The summed E-state index contributed by atoms with van der Waals surface area (Å²) in [5.41, 5.74) is 1.95. The predicted octanol–water partition coefficient (Wildman–Crippen LogP) is 8.28. The van der Waals surface area contributed by atoms with Gasteiger partial charge in [-0.2, -0.15) is 0 Å². The summed E-state index contributed by atoms with van der Waals surface area (Å²) in [6, 6.07) is 0. The molecular formula is C30H52O2Si. The zero-order valence-electron chi connectivity index (χ0n) is 23.3. The molecule has 4 rings (SSSR count). The summed E-state index contributed by atoms with van der Waals surface area (Å²) < 4.78 is 6.96. The Balaban J connectivity index is 1.61. The van der Waals surface area contributed by atoms with Crippen LogP contribution in [0.1, 0.15) is 93.9 Å². The van der Waals surface area contributed by atoms with Gasteiger partial charge >= 0.3 is 0 Å². The third kappa shape index (κ3) is 4.37. The van der Waals surface area contributed by atoms with Crippen molar-refractivity contribution in [1.29, 1.82) is 0 Å². The van der Waals surface area contributed by atoms with Crippen molar-refractivity contribution >= 4 is 14.1 Å². The maximum absolute atomic E-state index is 14.3. The Morgan fingerprint density at radius 3 is 2.39 bits per heavy atom.